The summed E-state index contributed by atoms with van der Waals surface area (Å²) in [4.78, 5) is 0. The van der Waals surface area contributed by atoms with Gasteiger partial charge in [-0.2, -0.15) is 0 Å². The van der Waals surface area contributed by atoms with E-state index in [4.69, 9.17) is 9.47 Å². The molecule has 0 saturated heterocycles. The summed E-state index contributed by atoms with van der Waals surface area (Å²) >= 11 is 0. The van der Waals surface area contributed by atoms with Gasteiger partial charge in [-0.1, -0.05) is 103 Å². The van der Waals surface area contributed by atoms with Gasteiger partial charge in [-0.05, 0) is 61.1 Å². The molecule has 0 aliphatic rings. The van der Waals surface area contributed by atoms with Gasteiger partial charge in [0.25, 0.3) is 0 Å². The molecule has 0 fully saturated rings. The minimum absolute atomic E-state index is 0.0765. The van der Waals surface area contributed by atoms with E-state index in [0.717, 1.165) is 37.6 Å². The van der Waals surface area contributed by atoms with Crippen LogP contribution < -0.4 is 9.47 Å². The van der Waals surface area contributed by atoms with Crippen LogP contribution in [0.5, 0.6) is 11.5 Å². The first-order valence-corrected chi connectivity index (χ1v) is 13.4. The molecule has 0 bridgehead atoms. The molecule has 2 aromatic carbocycles. The van der Waals surface area contributed by atoms with Gasteiger partial charge in [-0.15, -0.1) is 0 Å². The van der Waals surface area contributed by atoms with Gasteiger partial charge in [0.05, 0.1) is 13.2 Å². The molecule has 33 heavy (non-hydrogen) atoms. The first-order valence-electron chi connectivity index (χ1n) is 13.4. The molecule has 0 N–H and O–H groups in total. The fourth-order valence-corrected chi connectivity index (χ4v) is 4.34. The van der Waals surface area contributed by atoms with Crippen LogP contribution in [0.2, 0.25) is 0 Å². The molecule has 0 aromatic heterocycles. The number of rotatable bonds is 16. The summed E-state index contributed by atoms with van der Waals surface area (Å²) in [7, 11) is 0. The maximum absolute atomic E-state index is 6.08. The Labute approximate surface area is 204 Å². The van der Waals surface area contributed by atoms with Crippen LogP contribution in [-0.4, -0.2) is 13.2 Å². The Balaban J connectivity index is 1.96. The van der Waals surface area contributed by atoms with Crippen molar-refractivity contribution in [2.45, 2.75) is 111 Å². The fourth-order valence-electron chi connectivity index (χ4n) is 4.34. The van der Waals surface area contributed by atoms with Gasteiger partial charge in [-0.3, -0.25) is 0 Å². The molecular formula is C31H48O2. The molecule has 2 nitrogen and oxygen atoms in total. The van der Waals surface area contributed by atoms with Gasteiger partial charge in [0.15, 0.2) is 0 Å². The Morgan fingerprint density at radius 1 is 0.576 bits per heavy atom. The van der Waals surface area contributed by atoms with Crippen molar-refractivity contribution < 1.29 is 9.47 Å². The van der Waals surface area contributed by atoms with Crippen molar-refractivity contribution in [2.24, 2.45) is 0 Å². The van der Waals surface area contributed by atoms with Crippen LogP contribution in [0.1, 0.15) is 114 Å². The van der Waals surface area contributed by atoms with Gasteiger partial charge < -0.3 is 9.47 Å². The molecule has 184 valence electrons. The van der Waals surface area contributed by atoms with E-state index in [1.165, 1.54) is 73.6 Å². The van der Waals surface area contributed by atoms with E-state index in [2.05, 4.69) is 77.9 Å². The van der Waals surface area contributed by atoms with Crippen LogP contribution in [0.3, 0.4) is 0 Å². The van der Waals surface area contributed by atoms with Gasteiger partial charge in [0.1, 0.15) is 11.5 Å². The zero-order chi connectivity index (χ0) is 24.1. The minimum Gasteiger partial charge on any atom is -0.493 e. The lowest BCUT2D eigenvalue weighted by Crippen LogP contribution is -2.19. The molecule has 2 heteroatoms. The number of hydrogen-bond acceptors (Lipinski definition) is 2. The van der Waals surface area contributed by atoms with E-state index in [0.29, 0.717) is 0 Å². The third kappa shape index (κ3) is 8.72. The van der Waals surface area contributed by atoms with E-state index in [9.17, 15) is 0 Å². The second-order valence-corrected chi connectivity index (χ2v) is 10.1. The summed E-state index contributed by atoms with van der Waals surface area (Å²) < 4.78 is 12.2. The lowest BCUT2D eigenvalue weighted by molar-refractivity contribution is 0.302. The Morgan fingerprint density at radius 3 is 1.33 bits per heavy atom. The van der Waals surface area contributed by atoms with Crippen LogP contribution in [-0.2, 0) is 5.41 Å². The summed E-state index contributed by atoms with van der Waals surface area (Å²) in [5.41, 5.74) is 4.99. The van der Waals surface area contributed by atoms with Crippen LogP contribution in [0.25, 0.3) is 0 Å². The smallest absolute Gasteiger partial charge is 0.122 e. The fraction of sp³-hybridized carbons (Fsp3) is 0.613. The van der Waals surface area contributed by atoms with Crippen LogP contribution in [0.15, 0.2) is 36.4 Å². The molecule has 0 unspecified atom stereocenters. The molecule has 0 atom stereocenters. The summed E-state index contributed by atoms with van der Waals surface area (Å²) in [6.45, 7) is 15.1. The maximum Gasteiger partial charge on any atom is 0.122 e. The normalized spacial score (nSPS) is 11.6. The number of hydrogen-bond donors (Lipinski definition) is 0. The zero-order valence-corrected chi connectivity index (χ0v) is 22.3. The van der Waals surface area contributed by atoms with E-state index in [1.54, 1.807) is 0 Å². The largest absolute Gasteiger partial charge is 0.493 e. The lowest BCUT2D eigenvalue weighted by Gasteiger charge is -2.28. The van der Waals surface area contributed by atoms with Gasteiger partial charge in [0, 0.05) is 5.41 Å². The van der Waals surface area contributed by atoms with Gasteiger partial charge in [-0.25, -0.2) is 0 Å². The number of aryl methyl sites for hydroxylation is 2. The van der Waals surface area contributed by atoms with Crippen molar-refractivity contribution in [2.75, 3.05) is 13.2 Å². The average molecular weight is 453 g/mol. The average Bonchev–Trinajstić information content (AvgIpc) is 2.80. The SMILES string of the molecule is CCCCCCCOc1ccc(C(C)(C)c2ccc(OCCCCCCC)c(C)c2)cc1C. The Kier molecular flexibility index (Phi) is 11.9. The molecular weight excluding hydrogens is 404 g/mol. The minimum atomic E-state index is -0.0765. The van der Waals surface area contributed by atoms with Crippen LogP contribution in [0, 0.1) is 13.8 Å². The first kappa shape index (κ1) is 27.3. The molecule has 0 aliphatic carbocycles. The number of benzene rings is 2. The van der Waals surface area contributed by atoms with E-state index in [1.807, 2.05) is 0 Å². The highest BCUT2D eigenvalue weighted by Gasteiger charge is 2.24. The van der Waals surface area contributed by atoms with Crippen LogP contribution in [0.4, 0.5) is 0 Å². The molecule has 2 rings (SSSR count). The van der Waals surface area contributed by atoms with Gasteiger partial charge in [0.2, 0.25) is 0 Å². The monoisotopic (exact) mass is 452 g/mol. The number of unbranched alkanes of at least 4 members (excludes halogenated alkanes) is 8. The highest BCUT2D eigenvalue weighted by molar-refractivity contribution is 5.47. The van der Waals surface area contributed by atoms with Crippen molar-refractivity contribution in [3.63, 3.8) is 0 Å². The quantitative estimate of drug-likeness (QED) is 0.236. The summed E-state index contributed by atoms with van der Waals surface area (Å²) in [6.07, 6.45) is 12.6. The summed E-state index contributed by atoms with van der Waals surface area (Å²) in [6, 6.07) is 13.4. The number of ether oxygens (including phenoxy) is 2. The van der Waals surface area contributed by atoms with Crippen molar-refractivity contribution >= 4 is 0 Å². The second kappa shape index (κ2) is 14.3. The molecule has 0 aliphatic heterocycles. The second-order valence-electron chi connectivity index (χ2n) is 10.1. The third-order valence-corrected chi connectivity index (χ3v) is 6.80. The first-order chi connectivity index (χ1) is 15.9. The Hall–Kier alpha value is -1.96. The molecule has 2 aromatic rings. The predicted molar refractivity (Wildman–Crippen MR) is 143 cm³/mol. The van der Waals surface area contributed by atoms with E-state index in [-0.39, 0.29) is 5.41 Å². The highest BCUT2D eigenvalue weighted by Crippen LogP contribution is 2.36. The van der Waals surface area contributed by atoms with Crippen molar-refractivity contribution in [1.82, 2.24) is 0 Å². The van der Waals surface area contributed by atoms with Crippen molar-refractivity contribution in [1.29, 1.82) is 0 Å². The molecule has 0 heterocycles. The lowest BCUT2D eigenvalue weighted by atomic mass is 9.77. The topological polar surface area (TPSA) is 18.5 Å². The van der Waals surface area contributed by atoms with Gasteiger partial charge >= 0.3 is 0 Å². The molecule has 0 amide bonds. The van der Waals surface area contributed by atoms with Crippen molar-refractivity contribution in [3.8, 4) is 11.5 Å². The summed E-state index contributed by atoms with van der Waals surface area (Å²) in [5.74, 6) is 2.04. The molecule has 0 radical (unpaired) electrons. The van der Waals surface area contributed by atoms with E-state index >= 15 is 0 Å². The highest BCUT2D eigenvalue weighted by atomic mass is 16.5. The summed E-state index contributed by atoms with van der Waals surface area (Å²) in [5, 5.41) is 0. The van der Waals surface area contributed by atoms with Crippen LogP contribution >= 0.6 is 0 Å². The molecule has 0 spiro atoms. The Morgan fingerprint density at radius 2 is 0.970 bits per heavy atom. The third-order valence-electron chi connectivity index (χ3n) is 6.80. The zero-order valence-electron chi connectivity index (χ0n) is 22.3. The maximum atomic E-state index is 6.08. The predicted octanol–water partition coefficient (Wildman–Crippen LogP) is 9.33. The van der Waals surface area contributed by atoms with E-state index < -0.39 is 0 Å². The molecule has 0 saturated carbocycles. The standard InChI is InChI=1S/C31H48O2/c1-7-9-11-13-15-21-32-29-19-17-27(23-25(29)3)31(5,6)28-18-20-30(26(4)24-28)33-22-16-14-12-10-8-2/h17-20,23-24H,7-16,21-22H2,1-6H3. The van der Waals surface area contributed by atoms with Crippen molar-refractivity contribution in [3.05, 3.63) is 58.7 Å². The Bertz CT molecular complexity index is 754.